The molecule has 1 amide bonds. The summed E-state index contributed by atoms with van der Waals surface area (Å²) in [6.07, 6.45) is 3.56. The summed E-state index contributed by atoms with van der Waals surface area (Å²) < 4.78 is 19.3. The molecule has 0 aliphatic carbocycles. The van der Waals surface area contributed by atoms with Crippen LogP contribution in [0.2, 0.25) is 0 Å². The van der Waals surface area contributed by atoms with E-state index < -0.39 is 11.9 Å². The van der Waals surface area contributed by atoms with E-state index in [0.29, 0.717) is 36.6 Å². The molecule has 2 saturated heterocycles. The van der Waals surface area contributed by atoms with Crippen LogP contribution in [-0.2, 0) is 9.53 Å². The van der Waals surface area contributed by atoms with Gasteiger partial charge < -0.3 is 14.7 Å². The van der Waals surface area contributed by atoms with Crippen LogP contribution >= 0.6 is 11.8 Å². The van der Waals surface area contributed by atoms with Gasteiger partial charge in [-0.05, 0) is 49.6 Å². The first-order chi connectivity index (χ1) is 12.0. The number of hydrogen-bond donors (Lipinski definition) is 1. The van der Waals surface area contributed by atoms with Gasteiger partial charge in [0, 0.05) is 30.2 Å². The fourth-order valence-electron chi connectivity index (χ4n) is 3.75. The fraction of sp³-hybridized carbons (Fsp3) is 0.556. The molecule has 1 aromatic rings. The summed E-state index contributed by atoms with van der Waals surface area (Å²) in [5.74, 6) is -1.48. The minimum absolute atomic E-state index is 0.101. The van der Waals surface area contributed by atoms with Crippen molar-refractivity contribution in [3.63, 3.8) is 0 Å². The predicted molar refractivity (Wildman–Crippen MR) is 92.3 cm³/mol. The van der Waals surface area contributed by atoms with Gasteiger partial charge in [-0.1, -0.05) is 0 Å². The lowest BCUT2D eigenvalue weighted by atomic mass is 9.84. The molecule has 0 bridgehead atoms. The van der Waals surface area contributed by atoms with Crippen LogP contribution in [0.25, 0.3) is 0 Å². The molecule has 136 valence electrons. The summed E-state index contributed by atoms with van der Waals surface area (Å²) in [4.78, 5) is 26.2. The molecule has 0 radical (unpaired) electrons. The summed E-state index contributed by atoms with van der Waals surface area (Å²) >= 11 is 1.28. The largest absolute Gasteiger partial charge is 0.481 e. The molecule has 1 unspecified atom stereocenters. The van der Waals surface area contributed by atoms with Crippen molar-refractivity contribution in [3.8, 4) is 0 Å². The van der Waals surface area contributed by atoms with Gasteiger partial charge in [-0.2, -0.15) is 0 Å². The molecule has 5 nitrogen and oxygen atoms in total. The van der Waals surface area contributed by atoms with Crippen molar-refractivity contribution in [1.29, 1.82) is 0 Å². The number of piperidine rings is 1. The summed E-state index contributed by atoms with van der Waals surface area (Å²) in [5.41, 5.74) is 0.490. The second kappa shape index (κ2) is 7.74. The van der Waals surface area contributed by atoms with E-state index in [0.717, 1.165) is 12.8 Å². The zero-order valence-corrected chi connectivity index (χ0v) is 14.9. The van der Waals surface area contributed by atoms with Gasteiger partial charge in [-0.25, -0.2) is 4.39 Å². The smallest absolute Gasteiger partial charge is 0.309 e. The van der Waals surface area contributed by atoms with E-state index in [1.165, 1.54) is 23.9 Å². The number of amides is 1. The molecule has 2 aliphatic heterocycles. The number of rotatable bonds is 4. The maximum atomic E-state index is 13.6. The molecule has 3 rings (SSSR count). The van der Waals surface area contributed by atoms with Gasteiger partial charge in [-0.3, -0.25) is 9.59 Å². The van der Waals surface area contributed by atoms with Crippen LogP contribution in [0.4, 0.5) is 4.39 Å². The molecule has 0 aromatic heterocycles. The summed E-state index contributed by atoms with van der Waals surface area (Å²) in [6, 6.07) is 4.44. The maximum absolute atomic E-state index is 13.6. The number of ether oxygens (including phenoxy) is 1. The zero-order chi connectivity index (χ0) is 18.0. The van der Waals surface area contributed by atoms with E-state index in [-0.39, 0.29) is 23.7 Å². The summed E-state index contributed by atoms with van der Waals surface area (Å²) in [5, 5.41) is 9.30. The van der Waals surface area contributed by atoms with Crippen LogP contribution in [-0.4, -0.2) is 53.9 Å². The van der Waals surface area contributed by atoms with Gasteiger partial charge >= 0.3 is 5.97 Å². The van der Waals surface area contributed by atoms with Crippen molar-refractivity contribution in [1.82, 2.24) is 4.90 Å². The standard InChI is InChI=1S/C18H22FNO4S/c1-25-15-10-12(2-3-14(15)19)17(21)20-7-4-11(5-8-20)16-13(18(22)23)6-9-24-16/h2-3,10-11,13,16H,4-9H2,1H3,(H,22,23)/t13?,16-/m0/s1. The van der Waals surface area contributed by atoms with Crippen molar-refractivity contribution in [3.05, 3.63) is 29.6 Å². The quantitative estimate of drug-likeness (QED) is 0.829. The van der Waals surface area contributed by atoms with Gasteiger partial charge in [0.15, 0.2) is 0 Å². The molecule has 1 N–H and O–H groups in total. The number of likely N-dealkylation sites (tertiary alicyclic amines) is 1. The van der Waals surface area contributed by atoms with Gasteiger partial charge in [0.05, 0.1) is 12.0 Å². The number of thioether (sulfide) groups is 1. The Morgan fingerprint density at radius 3 is 2.64 bits per heavy atom. The van der Waals surface area contributed by atoms with E-state index >= 15 is 0 Å². The highest BCUT2D eigenvalue weighted by Gasteiger charge is 2.40. The molecule has 1 aromatic carbocycles. The molecule has 7 heteroatoms. The second-order valence-electron chi connectivity index (χ2n) is 6.55. The Balaban J connectivity index is 1.62. The third-order valence-electron chi connectivity index (χ3n) is 5.14. The summed E-state index contributed by atoms with van der Waals surface area (Å²) in [6.45, 7) is 1.64. The van der Waals surface area contributed by atoms with Crippen LogP contribution in [0.5, 0.6) is 0 Å². The maximum Gasteiger partial charge on any atom is 0.309 e. The Bertz CT molecular complexity index is 660. The van der Waals surface area contributed by atoms with Crippen LogP contribution in [0, 0.1) is 17.7 Å². The molecular formula is C18H22FNO4S. The molecule has 2 heterocycles. The Morgan fingerprint density at radius 2 is 2.00 bits per heavy atom. The first-order valence-electron chi connectivity index (χ1n) is 8.48. The average Bonchev–Trinajstić information content (AvgIpc) is 3.12. The molecule has 0 spiro atoms. The lowest BCUT2D eigenvalue weighted by molar-refractivity contribution is -0.145. The molecule has 2 atom stereocenters. The van der Waals surface area contributed by atoms with Crippen LogP contribution in [0.15, 0.2) is 23.1 Å². The minimum Gasteiger partial charge on any atom is -0.481 e. The van der Waals surface area contributed by atoms with Gasteiger partial charge in [0.1, 0.15) is 5.82 Å². The lowest BCUT2D eigenvalue weighted by Crippen LogP contribution is -2.43. The van der Waals surface area contributed by atoms with Crippen molar-refractivity contribution in [2.75, 3.05) is 26.0 Å². The van der Waals surface area contributed by atoms with Gasteiger partial charge in [0.25, 0.3) is 5.91 Å². The van der Waals surface area contributed by atoms with Gasteiger partial charge in [0.2, 0.25) is 0 Å². The van der Waals surface area contributed by atoms with Gasteiger partial charge in [-0.15, -0.1) is 11.8 Å². The first kappa shape index (κ1) is 18.2. The molecule has 0 saturated carbocycles. The normalized spacial score (nSPS) is 24.5. The SMILES string of the molecule is CSc1cc(C(=O)N2CCC([C@@H]3OCCC3C(=O)O)CC2)ccc1F. The Hall–Kier alpha value is -1.60. The predicted octanol–water partition coefficient (Wildman–Crippen LogP) is 2.89. The van der Waals surface area contributed by atoms with Crippen molar-refractivity contribution >= 4 is 23.6 Å². The van der Waals surface area contributed by atoms with E-state index in [1.807, 2.05) is 0 Å². The number of benzene rings is 1. The number of carbonyl (C=O) groups excluding carboxylic acids is 1. The monoisotopic (exact) mass is 367 g/mol. The average molecular weight is 367 g/mol. The number of aliphatic carboxylic acids is 1. The highest BCUT2D eigenvalue weighted by atomic mass is 32.2. The van der Waals surface area contributed by atoms with E-state index in [2.05, 4.69) is 0 Å². The van der Waals surface area contributed by atoms with Crippen molar-refractivity contribution < 1.29 is 23.8 Å². The lowest BCUT2D eigenvalue weighted by Gasteiger charge is -2.35. The fourth-order valence-corrected chi connectivity index (χ4v) is 4.25. The zero-order valence-electron chi connectivity index (χ0n) is 14.1. The molecule has 2 aliphatic rings. The van der Waals surface area contributed by atoms with E-state index in [4.69, 9.17) is 4.74 Å². The summed E-state index contributed by atoms with van der Waals surface area (Å²) in [7, 11) is 0. The highest BCUT2D eigenvalue weighted by molar-refractivity contribution is 7.98. The van der Waals surface area contributed by atoms with E-state index in [1.54, 1.807) is 17.2 Å². The number of nitrogens with zero attached hydrogens (tertiary/aromatic N) is 1. The van der Waals surface area contributed by atoms with Crippen molar-refractivity contribution in [2.24, 2.45) is 11.8 Å². The number of halogens is 1. The first-order valence-corrected chi connectivity index (χ1v) is 9.71. The Kier molecular flexibility index (Phi) is 5.64. The van der Waals surface area contributed by atoms with Crippen molar-refractivity contribution in [2.45, 2.75) is 30.3 Å². The third kappa shape index (κ3) is 3.82. The second-order valence-corrected chi connectivity index (χ2v) is 7.40. The molecular weight excluding hydrogens is 345 g/mol. The van der Waals surface area contributed by atoms with Crippen LogP contribution in [0.3, 0.4) is 0 Å². The topological polar surface area (TPSA) is 66.8 Å². The van der Waals surface area contributed by atoms with Crippen LogP contribution < -0.4 is 0 Å². The highest BCUT2D eigenvalue weighted by Crippen LogP contribution is 2.33. The van der Waals surface area contributed by atoms with Crippen LogP contribution in [0.1, 0.15) is 29.6 Å². The number of hydrogen-bond acceptors (Lipinski definition) is 4. The van der Waals surface area contributed by atoms with E-state index in [9.17, 15) is 19.1 Å². The molecule has 2 fully saturated rings. The third-order valence-corrected chi connectivity index (χ3v) is 5.90. The Labute approximate surface area is 150 Å². The number of carbonyl (C=O) groups is 2. The number of carboxylic acids is 1. The minimum atomic E-state index is -0.795. The number of carboxylic acid groups (broad SMARTS) is 1. The Morgan fingerprint density at radius 1 is 1.28 bits per heavy atom. The molecule has 25 heavy (non-hydrogen) atoms.